The third-order valence-electron chi connectivity index (χ3n) is 6.84. The number of ether oxygens (including phenoxy) is 1. The van der Waals surface area contributed by atoms with E-state index in [2.05, 4.69) is 47.4 Å². The maximum Gasteiger partial charge on any atom is 0.226 e. The number of fused-ring (bicyclic) bond motifs is 1. The molecule has 1 amide bonds. The Kier molecular flexibility index (Phi) is 6.88. The van der Waals surface area contributed by atoms with Crippen LogP contribution in [0.15, 0.2) is 85.1 Å². The van der Waals surface area contributed by atoms with Crippen molar-refractivity contribution in [2.24, 2.45) is 5.92 Å². The third-order valence-corrected chi connectivity index (χ3v) is 6.84. The summed E-state index contributed by atoms with van der Waals surface area (Å²) in [6.07, 6.45) is 3.29. The monoisotopic (exact) mass is 493 g/mol. The fourth-order valence-corrected chi connectivity index (χ4v) is 5.04. The molecule has 2 heterocycles. The van der Waals surface area contributed by atoms with Crippen LogP contribution in [0.5, 0.6) is 5.75 Å². The van der Waals surface area contributed by atoms with Gasteiger partial charge >= 0.3 is 0 Å². The summed E-state index contributed by atoms with van der Waals surface area (Å²) in [5, 5.41) is 0. The van der Waals surface area contributed by atoms with E-state index >= 15 is 0 Å². The molecule has 37 heavy (non-hydrogen) atoms. The minimum atomic E-state index is -0.240. The van der Waals surface area contributed by atoms with E-state index in [9.17, 15) is 4.79 Å². The molecule has 1 N–H and O–H groups in total. The fourth-order valence-electron chi connectivity index (χ4n) is 5.04. The summed E-state index contributed by atoms with van der Waals surface area (Å²) in [4.78, 5) is 24.1. The van der Waals surface area contributed by atoms with Gasteiger partial charge < -0.3 is 14.6 Å². The average Bonchev–Trinajstić information content (AvgIpc) is 3.38. The Morgan fingerprint density at radius 2 is 1.68 bits per heavy atom. The number of nitrogens with one attached hydrogen (secondary N) is 1. The molecule has 190 valence electrons. The largest absolute Gasteiger partial charge is 0.488 e. The van der Waals surface area contributed by atoms with Crippen molar-refractivity contribution < 1.29 is 9.53 Å². The van der Waals surface area contributed by atoms with E-state index in [0.717, 1.165) is 34.8 Å². The van der Waals surface area contributed by atoms with Gasteiger partial charge in [-0.25, -0.2) is 4.98 Å². The van der Waals surface area contributed by atoms with E-state index in [0.29, 0.717) is 13.0 Å². The van der Waals surface area contributed by atoms with Crippen molar-refractivity contribution in [1.82, 2.24) is 14.9 Å². The van der Waals surface area contributed by atoms with Gasteiger partial charge in [0.15, 0.2) is 0 Å². The lowest BCUT2D eigenvalue weighted by atomic mass is 9.91. The molecule has 0 saturated carbocycles. The van der Waals surface area contributed by atoms with Crippen molar-refractivity contribution in [3.8, 4) is 17.0 Å². The van der Waals surface area contributed by atoms with Crippen molar-refractivity contribution in [1.29, 1.82) is 0 Å². The maximum absolute atomic E-state index is 13.9. The molecule has 0 saturated heterocycles. The van der Waals surface area contributed by atoms with Crippen LogP contribution in [0.2, 0.25) is 0 Å². The van der Waals surface area contributed by atoms with Crippen molar-refractivity contribution >= 4 is 5.91 Å². The first-order valence-corrected chi connectivity index (χ1v) is 13.0. The normalized spacial score (nSPS) is 16.2. The second kappa shape index (κ2) is 10.3. The lowest BCUT2D eigenvalue weighted by molar-refractivity contribution is -0.139. The Bertz CT molecular complexity index is 1350. The fraction of sp³-hybridized carbons (Fsp3) is 0.312. The van der Waals surface area contributed by atoms with E-state index in [1.54, 1.807) is 0 Å². The Hall–Kier alpha value is -3.86. The van der Waals surface area contributed by atoms with Crippen LogP contribution in [0.4, 0.5) is 0 Å². The quantitative estimate of drug-likeness (QED) is 0.323. The molecular formula is C32H35N3O2. The second-order valence-electron chi connectivity index (χ2n) is 11.0. The lowest BCUT2D eigenvalue weighted by Gasteiger charge is -2.37. The molecular weight excluding hydrogens is 458 g/mol. The zero-order chi connectivity index (χ0) is 26.0. The molecule has 2 atom stereocenters. The highest BCUT2D eigenvalue weighted by atomic mass is 16.5. The molecule has 0 fully saturated rings. The summed E-state index contributed by atoms with van der Waals surface area (Å²) in [5.74, 6) is 1.66. The average molecular weight is 494 g/mol. The summed E-state index contributed by atoms with van der Waals surface area (Å²) in [6, 6.07) is 26.6. The van der Waals surface area contributed by atoms with Gasteiger partial charge in [0, 0.05) is 18.9 Å². The molecule has 1 aliphatic heterocycles. The molecule has 0 spiro atoms. The summed E-state index contributed by atoms with van der Waals surface area (Å²) >= 11 is 0. The van der Waals surface area contributed by atoms with E-state index in [-0.39, 0.29) is 23.5 Å². The Balaban J connectivity index is 1.37. The van der Waals surface area contributed by atoms with Gasteiger partial charge in [-0.15, -0.1) is 0 Å². The first kappa shape index (κ1) is 24.8. The smallest absolute Gasteiger partial charge is 0.226 e. The Labute approximate surface area is 219 Å². The van der Waals surface area contributed by atoms with Crippen LogP contribution in [0.1, 0.15) is 56.3 Å². The SMILES string of the molecule is CC(Cc1ccc(OC(C)(C)C)cc1)C(=O)N1Cc2ccccc2CC1c1ncc(-c2ccccc2)[nH]1. The zero-order valence-corrected chi connectivity index (χ0v) is 22.1. The topological polar surface area (TPSA) is 58.2 Å². The van der Waals surface area contributed by atoms with Crippen LogP contribution in [-0.4, -0.2) is 26.4 Å². The number of hydrogen-bond acceptors (Lipinski definition) is 3. The number of benzene rings is 3. The van der Waals surface area contributed by atoms with Gasteiger partial charge in [0.05, 0.1) is 17.9 Å². The number of imidazole rings is 1. The molecule has 4 aromatic rings. The summed E-state index contributed by atoms with van der Waals surface area (Å²) < 4.78 is 5.95. The van der Waals surface area contributed by atoms with E-state index in [4.69, 9.17) is 9.72 Å². The zero-order valence-electron chi connectivity index (χ0n) is 22.1. The van der Waals surface area contributed by atoms with Crippen LogP contribution < -0.4 is 4.74 Å². The number of carbonyl (C=O) groups is 1. The molecule has 0 bridgehead atoms. The van der Waals surface area contributed by atoms with Crippen LogP contribution in [0, 0.1) is 5.92 Å². The number of carbonyl (C=O) groups excluding carboxylic acids is 1. The number of H-pyrrole nitrogens is 1. The number of aromatic nitrogens is 2. The summed E-state index contributed by atoms with van der Waals surface area (Å²) in [7, 11) is 0. The first-order valence-electron chi connectivity index (χ1n) is 13.0. The Morgan fingerprint density at radius 3 is 2.38 bits per heavy atom. The van der Waals surface area contributed by atoms with Gasteiger partial charge in [-0.05, 0) is 61.6 Å². The number of aromatic amines is 1. The van der Waals surface area contributed by atoms with Gasteiger partial charge in [0.2, 0.25) is 5.91 Å². The standard InChI is InChI=1S/C32H35N3O2/c1-22(18-23-14-16-27(17-15-23)37-32(2,3)4)31(36)35-21-26-13-9-8-12-25(26)19-29(35)30-33-20-28(34-30)24-10-6-5-7-11-24/h5-17,20,22,29H,18-19,21H2,1-4H3,(H,33,34). The van der Waals surface area contributed by atoms with E-state index in [1.165, 1.54) is 11.1 Å². The van der Waals surface area contributed by atoms with Gasteiger partial charge in [-0.3, -0.25) is 4.79 Å². The molecule has 5 heteroatoms. The van der Waals surface area contributed by atoms with Crippen molar-refractivity contribution in [3.63, 3.8) is 0 Å². The summed E-state index contributed by atoms with van der Waals surface area (Å²) in [5.41, 5.74) is 5.42. The number of amides is 1. The van der Waals surface area contributed by atoms with Crippen molar-refractivity contribution in [2.75, 3.05) is 0 Å². The van der Waals surface area contributed by atoms with Gasteiger partial charge in [-0.1, -0.05) is 73.7 Å². The third kappa shape index (κ3) is 5.77. The maximum atomic E-state index is 13.9. The molecule has 0 aliphatic carbocycles. The molecule has 5 nitrogen and oxygen atoms in total. The van der Waals surface area contributed by atoms with Gasteiger partial charge in [0.1, 0.15) is 17.2 Å². The minimum Gasteiger partial charge on any atom is -0.488 e. The molecule has 3 aromatic carbocycles. The van der Waals surface area contributed by atoms with Crippen LogP contribution in [0.25, 0.3) is 11.3 Å². The van der Waals surface area contributed by atoms with Crippen LogP contribution >= 0.6 is 0 Å². The number of hydrogen-bond donors (Lipinski definition) is 1. The number of rotatable bonds is 6. The van der Waals surface area contributed by atoms with Crippen molar-refractivity contribution in [2.45, 2.75) is 58.7 Å². The molecule has 2 unspecified atom stereocenters. The lowest BCUT2D eigenvalue weighted by Crippen LogP contribution is -2.42. The van der Waals surface area contributed by atoms with Gasteiger partial charge in [-0.2, -0.15) is 0 Å². The van der Waals surface area contributed by atoms with Gasteiger partial charge in [0.25, 0.3) is 0 Å². The minimum absolute atomic E-state index is 0.134. The number of nitrogens with zero attached hydrogens (tertiary/aromatic N) is 2. The summed E-state index contributed by atoms with van der Waals surface area (Å²) in [6.45, 7) is 8.73. The Morgan fingerprint density at radius 1 is 1.00 bits per heavy atom. The van der Waals surface area contributed by atoms with Crippen molar-refractivity contribution in [3.05, 3.63) is 108 Å². The van der Waals surface area contributed by atoms with Crippen LogP contribution in [-0.2, 0) is 24.2 Å². The highest BCUT2D eigenvalue weighted by molar-refractivity contribution is 5.79. The molecule has 1 aromatic heterocycles. The van der Waals surface area contributed by atoms with Crippen LogP contribution in [0.3, 0.4) is 0 Å². The van der Waals surface area contributed by atoms with E-state index < -0.39 is 0 Å². The predicted molar refractivity (Wildman–Crippen MR) is 147 cm³/mol. The highest BCUT2D eigenvalue weighted by Crippen LogP contribution is 2.34. The molecule has 1 aliphatic rings. The predicted octanol–water partition coefficient (Wildman–Crippen LogP) is 6.76. The first-order chi connectivity index (χ1) is 17.8. The molecule has 0 radical (unpaired) electrons. The highest BCUT2D eigenvalue weighted by Gasteiger charge is 2.34. The van der Waals surface area contributed by atoms with E-state index in [1.807, 2.05) is 75.2 Å². The molecule has 5 rings (SSSR count). The second-order valence-corrected chi connectivity index (χ2v) is 11.0.